The third kappa shape index (κ3) is 6.09. The van der Waals surface area contributed by atoms with Crippen LogP contribution in [0, 0.1) is 5.82 Å². The zero-order valence-electron chi connectivity index (χ0n) is 15.8. The van der Waals surface area contributed by atoms with E-state index in [2.05, 4.69) is 41.3 Å². The molecule has 1 saturated carbocycles. The number of hydrogen-bond acceptors (Lipinski definition) is 2. The standard InChI is InChI=1S/C19H31FN4.HI/c1-5-24(15(2)3)13-12-22-18(21-4)23-14-19(10-11-19)16-8-6-7-9-17(16)20;/h6-9,15H,5,10-14H2,1-4H3,(H2,21,22,23);1H. The molecule has 0 radical (unpaired) electrons. The normalized spacial score (nSPS) is 15.9. The number of nitrogens with zero attached hydrogens (tertiary/aromatic N) is 2. The molecule has 0 saturated heterocycles. The Labute approximate surface area is 168 Å². The van der Waals surface area contributed by atoms with Gasteiger partial charge < -0.3 is 10.6 Å². The van der Waals surface area contributed by atoms with Crippen molar-refractivity contribution in [2.45, 2.75) is 45.1 Å². The first-order valence-corrected chi connectivity index (χ1v) is 8.96. The Morgan fingerprint density at radius 3 is 2.48 bits per heavy atom. The molecule has 25 heavy (non-hydrogen) atoms. The largest absolute Gasteiger partial charge is 0.356 e. The fourth-order valence-electron chi connectivity index (χ4n) is 3.16. The van der Waals surface area contributed by atoms with Crippen molar-refractivity contribution >= 4 is 29.9 Å². The lowest BCUT2D eigenvalue weighted by Gasteiger charge is -2.25. The van der Waals surface area contributed by atoms with Gasteiger partial charge in [-0.05, 0) is 44.9 Å². The monoisotopic (exact) mass is 462 g/mol. The highest BCUT2D eigenvalue weighted by molar-refractivity contribution is 14.0. The summed E-state index contributed by atoms with van der Waals surface area (Å²) in [5.74, 6) is 0.688. The average Bonchev–Trinajstić information content (AvgIpc) is 3.35. The second-order valence-electron chi connectivity index (χ2n) is 6.84. The zero-order valence-corrected chi connectivity index (χ0v) is 18.1. The molecule has 0 unspecified atom stereocenters. The predicted octanol–water partition coefficient (Wildman–Crippen LogP) is 3.37. The molecular weight excluding hydrogens is 430 g/mol. The minimum absolute atomic E-state index is 0. The quantitative estimate of drug-likeness (QED) is 0.354. The third-order valence-electron chi connectivity index (χ3n) is 4.94. The van der Waals surface area contributed by atoms with Crippen molar-refractivity contribution in [2.75, 3.05) is 33.2 Å². The number of benzene rings is 1. The average molecular weight is 462 g/mol. The van der Waals surface area contributed by atoms with Gasteiger partial charge in [0.05, 0.1) is 0 Å². The molecular formula is C19H32FIN4. The van der Waals surface area contributed by atoms with E-state index >= 15 is 0 Å². The molecule has 1 aromatic carbocycles. The number of hydrogen-bond donors (Lipinski definition) is 2. The second kappa shape index (κ2) is 10.3. The summed E-state index contributed by atoms with van der Waals surface area (Å²) in [5, 5.41) is 6.73. The molecule has 0 aliphatic heterocycles. The Hall–Kier alpha value is -0.890. The van der Waals surface area contributed by atoms with Gasteiger partial charge in [0.25, 0.3) is 0 Å². The summed E-state index contributed by atoms with van der Waals surface area (Å²) in [7, 11) is 1.78. The Morgan fingerprint density at radius 1 is 1.28 bits per heavy atom. The summed E-state index contributed by atoms with van der Waals surface area (Å²) in [6.45, 7) is 10.2. The molecule has 1 aliphatic rings. The van der Waals surface area contributed by atoms with Crippen molar-refractivity contribution in [3.63, 3.8) is 0 Å². The van der Waals surface area contributed by atoms with E-state index in [1.54, 1.807) is 19.2 Å². The minimum Gasteiger partial charge on any atom is -0.356 e. The maximum absolute atomic E-state index is 14.1. The Balaban J connectivity index is 0.00000312. The van der Waals surface area contributed by atoms with Crippen molar-refractivity contribution in [1.82, 2.24) is 15.5 Å². The molecule has 6 heteroatoms. The van der Waals surface area contributed by atoms with Crippen LogP contribution in [0.3, 0.4) is 0 Å². The molecule has 1 fully saturated rings. The van der Waals surface area contributed by atoms with E-state index in [1.807, 2.05) is 12.1 Å². The lowest BCUT2D eigenvalue weighted by Crippen LogP contribution is -2.45. The number of likely N-dealkylation sites (N-methyl/N-ethyl adjacent to an activating group) is 1. The molecule has 0 atom stereocenters. The van der Waals surface area contributed by atoms with E-state index in [4.69, 9.17) is 0 Å². The smallest absolute Gasteiger partial charge is 0.191 e. The zero-order chi connectivity index (χ0) is 17.6. The maximum Gasteiger partial charge on any atom is 0.191 e. The predicted molar refractivity (Wildman–Crippen MR) is 114 cm³/mol. The van der Waals surface area contributed by atoms with E-state index < -0.39 is 0 Å². The Morgan fingerprint density at radius 2 is 1.96 bits per heavy atom. The number of halogens is 2. The first-order valence-electron chi connectivity index (χ1n) is 8.96. The van der Waals surface area contributed by atoms with Crippen molar-refractivity contribution in [2.24, 2.45) is 4.99 Å². The summed E-state index contributed by atoms with van der Waals surface area (Å²) in [4.78, 5) is 6.69. The Kier molecular flexibility index (Phi) is 9.13. The Bertz CT molecular complexity index is 558. The van der Waals surface area contributed by atoms with Crippen molar-refractivity contribution < 1.29 is 4.39 Å². The highest BCUT2D eigenvalue weighted by Crippen LogP contribution is 2.48. The molecule has 1 aliphatic carbocycles. The van der Waals surface area contributed by atoms with Crippen molar-refractivity contribution in [3.05, 3.63) is 35.6 Å². The summed E-state index contributed by atoms with van der Waals surface area (Å²) >= 11 is 0. The molecule has 0 aromatic heterocycles. The van der Waals surface area contributed by atoms with Gasteiger partial charge in [-0.15, -0.1) is 24.0 Å². The van der Waals surface area contributed by atoms with Crippen LogP contribution in [0.1, 0.15) is 39.2 Å². The van der Waals surface area contributed by atoms with Crippen LogP contribution < -0.4 is 10.6 Å². The topological polar surface area (TPSA) is 39.7 Å². The number of rotatable bonds is 8. The summed E-state index contributed by atoms with van der Waals surface area (Å²) in [5.41, 5.74) is 0.751. The second-order valence-corrected chi connectivity index (χ2v) is 6.84. The van der Waals surface area contributed by atoms with Crippen molar-refractivity contribution in [3.8, 4) is 0 Å². The molecule has 0 amide bonds. The van der Waals surface area contributed by atoms with Crippen molar-refractivity contribution in [1.29, 1.82) is 0 Å². The van der Waals surface area contributed by atoms with Crippen LogP contribution in [-0.2, 0) is 5.41 Å². The molecule has 0 bridgehead atoms. The number of guanidine groups is 1. The lowest BCUT2D eigenvalue weighted by molar-refractivity contribution is 0.237. The van der Waals surface area contributed by atoms with Crippen LogP contribution >= 0.6 is 24.0 Å². The number of nitrogens with one attached hydrogen (secondary N) is 2. The van der Waals surface area contributed by atoms with Gasteiger partial charge in [0, 0.05) is 38.1 Å². The third-order valence-corrected chi connectivity index (χ3v) is 4.94. The minimum atomic E-state index is -0.102. The first kappa shape index (κ1) is 22.2. The first-order chi connectivity index (χ1) is 11.5. The van der Waals surface area contributed by atoms with Crippen LogP contribution in [0.2, 0.25) is 0 Å². The van der Waals surface area contributed by atoms with Gasteiger partial charge in [0.1, 0.15) is 5.82 Å². The molecule has 2 N–H and O–H groups in total. The molecule has 142 valence electrons. The lowest BCUT2D eigenvalue weighted by atomic mass is 9.95. The number of aliphatic imine (C=N–C) groups is 1. The highest BCUT2D eigenvalue weighted by atomic mass is 127. The van der Waals surface area contributed by atoms with Crippen LogP contribution in [0.5, 0.6) is 0 Å². The maximum atomic E-state index is 14.1. The fourth-order valence-corrected chi connectivity index (χ4v) is 3.16. The van der Waals surface area contributed by atoms with Gasteiger partial charge in [0.15, 0.2) is 5.96 Å². The molecule has 4 nitrogen and oxygen atoms in total. The van der Waals surface area contributed by atoms with E-state index in [1.165, 1.54) is 0 Å². The van der Waals surface area contributed by atoms with Gasteiger partial charge in [-0.3, -0.25) is 9.89 Å². The molecule has 0 heterocycles. The molecule has 1 aromatic rings. The van der Waals surface area contributed by atoms with Crippen LogP contribution in [0.15, 0.2) is 29.3 Å². The summed E-state index contributed by atoms with van der Waals surface area (Å²) < 4.78 is 14.1. The molecule has 2 rings (SSSR count). The van der Waals surface area contributed by atoms with Gasteiger partial charge in [0.2, 0.25) is 0 Å². The van der Waals surface area contributed by atoms with Gasteiger partial charge >= 0.3 is 0 Å². The van der Waals surface area contributed by atoms with E-state index in [9.17, 15) is 4.39 Å². The van der Waals surface area contributed by atoms with Gasteiger partial charge in [-0.25, -0.2) is 4.39 Å². The highest BCUT2D eigenvalue weighted by Gasteiger charge is 2.45. The fraction of sp³-hybridized carbons (Fsp3) is 0.632. The van der Waals surface area contributed by atoms with E-state index in [-0.39, 0.29) is 35.2 Å². The van der Waals surface area contributed by atoms with Crippen LogP contribution in [0.25, 0.3) is 0 Å². The van der Waals surface area contributed by atoms with Crippen LogP contribution in [0.4, 0.5) is 4.39 Å². The van der Waals surface area contributed by atoms with Gasteiger partial charge in [-0.1, -0.05) is 25.1 Å². The molecule has 0 spiro atoms. The summed E-state index contributed by atoms with van der Waals surface area (Å²) in [6.07, 6.45) is 2.05. The van der Waals surface area contributed by atoms with E-state index in [0.717, 1.165) is 50.5 Å². The SMILES string of the molecule is CCN(CCNC(=NC)NCC1(c2ccccc2F)CC1)C(C)C.I. The summed E-state index contributed by atoms with van der Waals surface area (Å²) in [6, 6.07) is 7.66. The van der Waals surface area contributed by atoms with Crippen LogP contribution in [-0.4, -0.2) is 50.1 Å². The van der Waals surface area contributed by atoms with E-state index in [0.29, 0.717) is 6.04 Å². The van der Waals surface area contributed by atoms with Gasteiger partial charge in [-0.2, -0.15) is 0 Å².